The van der Waals surface area contributed by atoms with Gasteiger partial charge in [-0.1, -0.05) is 18.2 Å². The zero-order valence-corrected chi connectivity index (χ0v) is 16.6. The van der Waals surface area contributed by atoms with Crippen molar-refractivity contribution in [1.82, 2.24) is 4.90 Å². The Morgan fingerprint density at radius 3 is 2.61 bits per heavy atom. The quantitative estimate of drug-likeness (QED) is 0.830. The number of carbonyl (C=O) groups is 2. The molecule has 148 valence electrons. The lowest BCUT2D eigenvalue weighted by Crippen LogP contribution is -2.50. The largest absolute Gasteiger partial charge is 0.493 e. The lowest BCUT2D eigenvalue weighted by atomic mass is 10.1. The van der Waals surface area contributed by atoms with Gasteiger partial charge in [0, 0.05) is 6.54 Å². The van der Waals surface area contributed by atoms with Crippen LogP contribution in [0.2, 0.25) is 0 Å². The summed E-state index contributed by atoms with van der Waals surface area (Å²) in [7, 11) is 5.07. The second-order valence-corrected chi connectivity index (χ2v) is 6.77. The molecular weight excluding hydrogens is 358 g/mol. The number of fused-ring (bicyclic) bond motifs is 1. The molecule has 1 aliphatic heterocycles. The molecule has 0 radical (unpaired) electrons. The molecular formula is C21H25N3O4. The van der Waals surface area contributed by atoms with Crippen LogP contribution in [0.3, 0.4) is 0 Å². The van der Waals surface area contributed by atoms with E-state index in [1.165, 1.54) is 0 Å². The highest BCUT2D eigenvalue weighted by atomic mass is 16.5. The fourth-order valence-electron chi connectivity index (χ4n) is 3.25. The van der Waals surface area contributed by atoms with Crippen molar-refractivity contribution in [2.24, 2.45) is 0 Å². The molecule has 1 N–H and O–H groups in total. The summed E-state index contributed by atoms with van der Waals surface area (Å²) in [5.74, 6) is 0.995. The normalized spacial score (nSPS) is 14.3. The van der Waals surface area contributed by atoms with E-state index in [4.69, 9.17) is 9.47 Å². The Bertz CT molecular complexity index is 884. The Kier molecular flexibility index (Phi) is 5.84. The maximum Gasteiger partial charge on any atom is 0.244 e. The van der Waals surface area contributed by atoms with Gasteiger partial charge in [-0.15, -0.1) is 0 Å². The first kappa shape index (κ1) is 19.7. The van der Waals surface area contributed by atoms with E-state index in [0.29, 0.717) is 23.7 Å². The Hall–Kier alpha value is -3.06. The Balaban J connectivity index is 1.76. The van der Waals surface area contributed by atoms with Gasteiger partial charge in [0.1, 0.15) is 6.54 Å². The molecule has 2 amide bonds. The van der Waals surface area contributed by atoms with Gasteiger partial charge in [0.25, 0.3) is 0 Å². The van der Waals surface area contributed by atoms with E-state index < -0.39 is 6.04 Å². The Morgan fingerprint density at radius 2 is 1.89 bits per heavy atom. The van der Waals surface area contributed by atoms with Crippen molar-refractivity contribution < 1.29 is 19.1 Å². The minimum Gasteiger partial charge on any atom is -0.493 e. The van der Waals surface area contributed by atoms with Crippen LogP contribution in [0.4, 0.5) is 11.4 Å². The maximum atomic E-state index is 13.1. The number of rotatable bonds is 6. The summed E-state index contributed by atoms with van der Waals surface area (Å²) in [6.07, 6.45) is 0. The van der Waals surface area contributed by atoms with Gasteiger partial charge in [0.05, 0.1) is 31.6 Å². The van der Waals surface area contributed by atoms with Crippen molar-refractivity contribution in [3.8, 4) is 11.5 Å². The van der Waals surface area contributed by atoms with E-state index in [9.17, 15) is 9.59 Å². The van der Waals surface area contributed by atoms with Gasteiger partial charge in [-0.05, 0) is 43.8 Å². The van der Waals surface area contributed by atoms with Gasteiger partial charge < -0.3 is 14.8 Å². The molecule has 1 atom stereocenters. The summed E-state index contributed by atoms with van der Waals surface area (Å²) in [5, 5.41) is 2.80. The van der Waals surface area contributed by atoms with Gasteiger partial charge >= 0.3 is 0 Å². The summed E-state index contributed by atoms with van der Waals surface area (Å²) < 4.78 is 10.6. The van der Waals surface area contributed by atoms with Crippen molar-refractivity contribution >= 4 is 23.2 Å². The van der Waals surface area contributed by atoms with Gasteiger partial charge in [0.15, 0.2) is 11.5 Å². The highest BCUT2D eigenvalue weighted by Gasteiger charge is 2.31. The van der Waals surface area contributed by atoms with E-state index in [-0.39, 0.29) is 18.4 Å². The van der Waals surface area contributed by atoms with Crippen LogP contribution in [0, 0.1) is 0 Å². The van der Waals surface area contributed by atoms with Crippen LogP contribution < -0.4 is 19.7 Å². The first-order chi connectivity index (χ1) is 13.4. The van der Waals surface area contributed by atoms with Crippen LogP contribution in [-0.4, -0.2) is 50.6 Å². The van der Waals surface area contributed by atoms with Crippen molar-refractivity contribution in [3.63, 3.8) is 0 Å². The molecule has 0 spiro atoms. The van der Waals surface area contributed by atoms with Crippen LogP contribution in [0.25, 0.3) is 0 Å². The number of carbonyl (C=O) groups excluding carboxylic acids is 2. The van der Waals surface area contributed by atoms with Crippen LogP contribution in [0.5, 0.6) is 11.5 Å². The summed E-state index contributed by atoms with van der Waals surface area (Å²) in [6.45, 7) is 2.41. The number of nitrogens with zero attached hydrogens (tertiary/aromatic N) is 2. The second kappa shape index (κ2) is 8.31. The molecule has 0 saturated heterocycles. The number of nitrogens with one attached hydrogen (secondary N) is 1. The van der Waals surface area contributed by atoms with Gasteiger partial charge in [-0.2, -0.15) is 0 Å². The Morgan fingerprint density at radius 1 is 1.18 bits per heavy atom. The number of likely N-dealkylation sites (N-methyl/N-ethyl adjacent to an activating group) is 1. The van der Waals surface area contributed by atoms with E-state index in [0.717, 1.165) is 11.3 Å². The molecule has 0 saturated carbocycles. The number of ether oxygens (including phenoxy) is 2. The lowest BCUT2D eigenvalue weighted by molar-refractivity contribution is -0.125. The van der Waals surface area contributed by atoms with Crippen molar-refractivity contribution in [2.75, 3.05) is 38.0 Å². The van der Waals surface area contributed by atoms with Crippen LogP contribution in [-0.2, 0) is 16.1 Å². The van der Waals surface area contributed by atoms with E-state index in [2.05, 4.69) is 5.32 Å². The Labute approximate surface area is 164 Å². The third kappa shape index (κ3) is 3.94. The van der Waals surface area contributed by atoms with Gasteiger partial charge in [0.2, 0.25) is 11.8 Å². The smallest absolute Gasteiger partial charge is 0.244 e. The van der Waals surface area contributed by atoms with Crippen LogP contribution in [0.15, 0.2) is 42.5 Å². The molecule has 0 bridgehead atoms. The summed E-state index contributed by atoms with van der Waals surface area (Å²) >= 11 is 0. The fourth-order valence-corrected chi connectivity index (χ4v) is 3.25. The first-order valence-electron chi connectivity index (χ1n) is 9.06. The molecule has 2 aromatic carbocycles. The highest BCUT2D eigenvalue weighted by Crippen LogP contribution is 2.30. The monoisotopic (exact) mass is 383 g/mol. The standard InChI is InChI=1S/C21H25N3O4/c1-14(23(2)12-15-9-10-18(27-3)19(11-15)28-4)21(26)24-13-20(25)22-16-7-5-6-8-17(16)24/h5-11,14H,12-13H2,1-4H3,(H,22,25). The molecule has 3 rings (SSSR count). The predicted molar refractivity (Wildman–Crippen MR) is 108 cm³/mol. The number of amides is 2. The first-order valence-corrected chi connectivity index (χ1v) is 9.06. The molecule has 1 unspecified atom stereocenters. The molecule has 1 aliphatic rings. The average molecular weight is 383 g/mol. The zero-order chi connectivity index (χ0) is 20.3. The van der Waals surface area contributed by atoms with E-state index >= 15 is 0 Å². The highest BCUT2D eigenvalue weighted by molar-refractivity contribution is 6.11. The molecule has 0 aromatic heterocycles. The van der Waals surface area contributed by atoms with Crippen molar-refractivity contribution in [3.05, 3.63) is 48.0 Å². The average Bonchev–Trinajstić information content (AvgIpc) is 2.71. The number of hydrogen-bond donors (Lipinski definition) is 1. The SMILES string of the molecule is COc1ccc(CN(C)C(C)C(=O)N2CC(=O)Nc3ccccc32)cc1OC. The minimum absolute atomic E-state index is 0.0182. The molecule has 2 aromatic rings. The number of para-hydroxylation sites is 2. The summed E-state index contributed by atoms with van der Waals surface area (Å²) in [6, 6.07) is 12.6. The number of anilines is 2. The molecule has 1 heterocycles. The molecule has 0 fully saturated rings. The second-order valence-electron chi connectivity index (χ2n) is 6.77. The molecule has 7 heteroatoms. The molecule has 0 aliphatic carbocycles. The van der Waals surface area contributed by atoms with Crippen molar-refractivity contribution in [1.29, 1.82) is 0 Å². The summed E-state index contributed by atoms with van der Waals surface area (Å²) in [5.41, 5.74) is 2.37. The summed E-state index contributed by atoms with van der Waals surface area (Å²) in [4.78, 5) is 28.6. The number of methoxy groups -OCH3 is 2. The lowest BCUT2D eigenvalue weighted by Gasteiger charge is -2.33. The molecule has 28 heavy (non-hydrogen) atoms. The van der Waals surface area contributed by atoms with E-state index in [1.807, 2.05) is 55.3 Å². The van der Waals surface area contributed by atoms with Crippen molar-refractivity contribution in [2.45, 2.75) is 19.5 Å². The van der Waals surface area contributed by atoms with Crippen LogP contribution >= 0.6 is 0 Å². The van der Waals surface area contributed by atoms with Crippen LogP contribution in [0.1, 0.15) is 12.5 Å². The predicted octanol–water partition coefficient (Wildman–Crippen LogP) is 2.51. The number of hydrogen-bond acceptors (Lipinski definition) is 5. The third-order valence-electron chi connectivity index (χ3n) is 4.94. The topological polar surface area (TPSA) is 71.1 Å². The van der Waals surface area contributed by atoms with Gasteiger partial charge in [-0.25, -0.2) is 0 Å². The van der Waals surface area contributed by atoms with E-state index in [1.54, 1.807) is 25.2 Å². The fraction of sp³-hybridized carbons (Fsp3) is 0.333. The number of benzene rings is 2. The van der Waals surface area contributed by atoms with Gasteiger partial charge in [-0.3, -0.25) is 19.4 Å². The maximum absolute atomic E-state index is 13.1. The molecule has 7 nitrogen and oxygen atoms in total. The third-order valence-corrected chi connectivity index (χ3v) is 4.94. The minimum atomic E-state index is -0.410. The zero-order valence-electron chi connectivity index (χ0n) is 16.6.